The lowest BCUT2D eigenvalue weighted by Gasteiger charge is -2.15. The van der Waals surface area contributed by atoms with Crippen molar-refractivity contribution in [2.24, 2.45) is 0 Å². The van der Waals surface area contributed by atoms with Gasteiger partial charge < -0.3 is 15.0 Å². The van der Waals surface area contributed by atoms with Gasteiger partial charge in [-0.1, -0.05) is 12.1 Å². The summed E-state index contributed by atoms with van der Waals surface area (Å²) in [6.45, 7) is 4.05. The van der Waals surface area contributed by atoms with Crippen molar-refractivity contribution in [1.82, 2.24) is 10.2 Å². The molecule has 0 bridgehead atoms. The summed E-state index contributed by atoms with van der Waals surface area (Å²) in [6, 6.07) is 10.1. The summed E-state index contributed by atoms with van der Waals surface area (Å²) in [5, 5.41) is 11.9. The Kier molecular flexibility index (Phi) is 7.41. The molecular weight excluding hydrogens is 290 g/mol. The van der Waals surface area contributed by atoms with Gasteiger partial charge in [-0.15, -0.1) is 0 Å². The van der Waals surface area contributed by atoms with Crippen LogP contribution in [-0.4, -0.2) is 37.0 Å². The molecule has 1 N–H and O–H groups in total. The fourth-order valence-corrected chi connectivity index (χ4v) is 2.65. The zero-order valence-corrected chi connectivity index (χ0v) is 13.6. The van der Waals surface area contributed by atoms with Gasteiger partial charge in [0.2, 0.25) is 5.91 Å². The summed E-state index contributed by atoms with van der Waals surface area (Å²) < 4.78 is 5.63. The highest BCUT2D eigenvalue weighted by atomic mass is 16.5. The van der Waals surface area contributed by atoms with Crippen molar-refractivity contribution in [2.75, 3.05) is 26.2 Å². The van der Waals surface area contributed by atoms with Crippen LogP contribution in [0.1, 0.15) is 37.7 Å². The second-order valence-electron chi connectivity index (χ2n) is 5.77. The number of likely N-dealkylation sites (tertiary alicyclic amines) is 1. The van der Waals surface area contributed by atoms with Gasteiger partial charge in [0.25, 0.3) is 0 Å². The molecule has 0 atom stereocenters. The molecule has 0 spiro atoms. The molecule has 0 aromatic heterocycles. The van der Waals surface area contributed by atoms with Crippen LogP contribution in [-0.2, 0) is 11.3 Å². The molecule has 1 saturated heterocycles. The van der Waals surface area contributed by atoms with Gasteiger partial charge in [0.05, 0.1) is 12.7 Å². The second-order valence-corrected chi connectivity index (χ2v) is 5.77. The van der Waals surface area contributed by atoms with Crippen molar-refractivity contribution in [3.05, 3.63) is 29.8 Å². The number of nitrogens with one attached hydrogen (secondary N) is 1. The van der Waals surface area contributed by atoms with E-state index >= 15 is 0 Å². The second kappa shape index (κ2) is 9.86. The average Bonchev–Trinajstić information content (AvgIpc) is 2.97. The Morgan fingerprint density at radius 1 is 1.35 bits per heavy atom. The van der Waals surface area contributed by atoms with Crippen molar-refractivity contribution in [3.63, 3.8) is 0 Å². The molecular formula is C18H25N3O2. The van der Waals surface area contributed by atoms with Gasteiger partial charge in [0.1, 0.15) is 5.75 Å². The highest BCUT2D eigenvalue weighted by Gasteiger charge is 2.18. The number of unbranched alkanes of at least 4 members (excludes halogenated alkanes) is 1. The third-order valence-corrected chi connectivity index (χ3v) is 3.88. The summed E-state index contributed by atoms with van der Waals surface area (Å²) in [7, 11) is 0. The highest BCUT2D eigenvalue weighted by Crippen LogP contribution is 2.14. The number of carbonyl (C=O) groups excluding carboxylic acids is 1. The molecule has 1 amide bonds. The number of amides is 1. The number of hydrogen-bond donors (Lipinski definition) is 1. The van der Waals surface area contributed by atoms with Crippen LogP contribution >= 0.6 is 0 Å². The maximum absolute atomic E-state index is 11.5. The maximum atomic E-state index is 11.5. The fraction of sp³-hybridized carbons (Fsp3) is 0.556. The Morgan fingerprint density at radius 3 is 3.04 bits per heavy atom. The monoisotopic (exact) mass is 315 g/mol. The Morgan fingerprint density at radius 2 is 2.26 bits per heavy atom. The molecule has 1 fully saturated rings. The van der Waals surface area contributed by atoms with Crippen molar-refractivity contribution in [3.8, 4) is 11.8 Å². The Labute approximate surface area is 138 Å². The number of rotatable bonds is 10. The van der Waals surface area contributed by atoms with E-state index in [9.17, 15) is 4.79 Å². The van der Waals surface area contributed by atoms with Crippen LogP contribution < -0.4 is 10.1 Å². The normalized spacial score (nSPS) is 14.0. The number of benzene rings is 1. The van der Waals surface area contributed by atoms with E-state index in [4.69, 9.17) is 10.00 Å². The van der Waals surface area contributed by atoms with Gasteiger partial charge in [-0.25, -0.2) is 0 Å². The average molecular weight is 315 g/mol. The van der Waals surface area contributed by atoms with E-state index in [1.807, 2.05) is 23.1 Å². The summed E-state index contributed by atoms with van der Waals surface area (Å²) in [6.07, 6.45) is 3.99. The first-order valence-corrected chi connectivity index (χ1v) is 8.37. The third kappa shape index (κ3) is 6.29. The molecule has 5 heteroatoms. The molecule has 5 nitrogen and oxygen atoms in total. The zero-order valence-electron chi connectivity index (χ0n) is 13.6. The Hall–Kier alpha value is -2.06. The molecule has 1 aliphatic heterocycles. The molecule has 0 unspecified atom stereocenters. The Balaban J connectivity index is 1.61. The van der Waals surface area contributed by atoms with E-state index in [1.54, 1.807) is 0 Å². The smallest absolute Gasteiger partial charge is 0.222 e. The van der Waals surface area contributed by atoms with E-state index in [0.29, 0.717) is 25.4 Å². The lowest BCUT2D eigenvalue weighted by atomic mass is 10.2. The summed E-state index contributed by atoms with van der Waals surface area (Å²) >= 11 is 0. The SMILES string of the molecule is N#CCCCOc1cccc(CNCCCN2CCCC2=O)c1. The van der Waals surface area contributed by atoms with Crippen molar-refractivity contribution < 1.29 is 9.53 Å². The molecule has 0 aliphatic carbocycles. The number of ether oxygens (including phenoxy) is 1. The van der Waals surface area contributed by atoms with Gasteiger partial charge in [0.15, 0.2) is 0 Å². The summed E-state index contributed by atoms with van der Waals surface area (Å²) in [5.41, 5.74) is 1.18. The van der Waals surface area contributed by atoms with Crippen LogP contribution in [0.2, 0.25) is 0 Å². The molecule has 0 saturated carbocycles. The van der Waals surface area contributed by atoms with E-state index in [2.05, 4.69) is 17.5 Å². The van der Waals surface area contributed by atoms with E-state index in [0.717, 1.165) is 51.2 Å². The standard InChI is InChI=1S/C18H25N3O2/c19-9-1-2-13-23-17-7-3-6-16(14-17)15-20-10-5-12-21-11-4-8-18(21)22/h3,6-7,14,20H,1-2,4-5,8,10-13,15H2. The van der Waals surface area contributed by atoms with Crippen molar-refractivity contribution >= 4 is 5.91 Å². The predicted octanol–water partition coefficient (Wildman–Crippen LogP) is 2.47. The van der Waals surface area contributed by atoms with Gasteiger partial charge >= 0.3 is 0 Å². The number of carbonyl (C=O) groups is 1. The number of hydrogen-bond acceptors (Lipinski definition) is 4. The fourth-order valence-electron chi connectivity index (χ4n) is 2.65. The van der Waals surface area contributed by atoms with Gasteiger partial charge in [-0.3, -0.25) is 4.79 Å². The molecule has 1 aromatic rings. The largest absolute Gasteiger partial charge is 0.494 e. The molecule has 1 aliphatic rings. The number of nitriles is 1. The zero-order chi connectivity index (χ0) is 16.3. The van der Waals surface area contributed by atoms with Gasteiger partial charge in [-0.05, 0) is 43.5 Å². The Bertz CT molecular complexity index is 539. The van der Waals surface area contributed by atoms with Crippen LogP contribution in [0.15, 0.2) is 24.3 Å². The first-order chi connectivity index (χ1) is 11.3. The molecule has 124 valence electrons. The lowest BCUT2D eigenvalue weighted by molar-refractivity contribution is -0.127. The first kappa shape index (κ1) is 17.3. The number of nitrogens with zero attached hydrogens (tertiary/aromatic N) is 2. The highest BCUT2D eigenvalue weighted by molar-refractivity contribution is 5.77. The summed E-state index contributed by atoms with van der Waals surface area (Å²) in [5.74, 6) is 1.15. The minimum Gasteiger partial charge on any atom is -0.494 e. The van der Waals surface area contributed by atoms with Crippen LogP contribution in [0.5, 0.6) is 5.75 Å². The molecule has 0 radical (unpaired) electrons. The lowest BCUT2D eigenvalue weighted by Crippen LogP contribution is -2.28. The molecule has 2 rings (SSSR count). The summed E-state index contributed by atoms with van der Waals surface area (Å²) in [4.78, 5) is 13.5. The topological polar surface area (TPSA) is 65.4 Å². The molecule has 1 heterocycles. The molecule has 1 aromatic carbocycles. The van der Waals surface area contributed by atoms with E-state index < -0.39 is 0 Å². The molecule has 23 heavy (non-hydrogen) atoms. The first-order valence-electron chi connectivity index (χ1n) is 8.37. The quantitative estimate of drug-likeness (QED) is 0.674. The van der Waals surface area contributed by atoms with E-state index in [1.165, 1.54) is 5.56 Å². The van der Waals surface area contributed by atoms with Crippen molar-refractivity contribution in [2.45, 2.75) is 38.6 Å². The maximum Gasteiger partial charge on any atom is 0.222 e. The van der Waals surface area contributed by atoms with Gasteiger partial charge in [-0.2, -0.15) is 5.26 Å². The third-order valence-electron chi connectivity index (χ3n) is 3.88. The minimum absolute atomic E-state index is 0.297. The van der Waals surface area contributed by atoms with Crippen LogP contribution in [0.25, 0.3) is 0 Å². The van der Waals surface area contributed by atoms with Crippen LogP contribution in [0, 0.1) is 11.3 Å². The minimum atomic E-state index is 0.297. The predicted molar refractivity (Wildman–Crippen MR) is 88.9 cm³/mol. The van der Waals surface area contributed by atoms with Crippen LogP contribution in [0.3, 0.4) is 0 Å². The van der Waals surface area contributed by atoms with Crippen molar-refractivity contribution in [1.29, 1.82) is 5.26 Å². The van der Waals surface area contributed by atoms with Crippen LogP contribution in [0.4, 0.5) is 0 Å². The van der Waals surface area contributed by atoms with Gasteiger partial charge in [0, 0.05) is 32.5 Å². The van der Waals surface area contributed by atoms with E-state index in [-0.39, 0.29) is 0 Å².